The van der Waals surface area contributed by atoms with Crippen molar-refractivity contribution in [3.63, 3.8) is 0 Å². The summed E-state index contributed by atoms with van der Waals surface area (Å²) in [6.45, 7) is 2.55. The Balaban J connectivity index is 1.20. The molecule has 0 saturated carbocycles. The number of carbonyl (C=O) groups is 3. The minimum Gasteiger partial charge on any atom is -0.349 e. The molecule has 1 N–H and O–H groups in total. The van der Waals surface area contributed by atoms with Crippen LogP contribution in [0.15, 0.2) is 66.7 Å². The molecular formula is C27H31N3O3. The van der Waals surface area contributed by atoms with Crippen LogP contribution in [-0.2, 0) is 9.59 Å². The van der Waals surface area contributed by atoms with E-state index in [9.17, 15) is 14.4 Å². The van der Waals surface area contributed by atoms with Crippen LogP contribution >= 0.6 is 0 Å². The molecular weight excluding hydrogens is 414 g/mol. The maximum Gasteiger partial charge on any atom is 0.251 e. The average Bonchev–Trinajstić information content (AvgIpc) is 2.88. The predicted octanol–water partition coefficient (Wildman–Crippen LogP) is 3.36. The van der Waals surface area contributed by atoms with Crippen LogP contribution in [0.5, 0.6) is 0 Å². The van der Waals surface area contributed by atoms with E-state index in [1.165, 1.54) is 0 Å². The van der Waals surface area contributed by atoms with Crippen molar-refractivity contribution in [2.75, 3.05) is 26.2 Å². The van der Waals surface area contributed by atoms with Crippen LogP contribution in [0.3, 0.4) is 0 Å². The largest absolute Gasteiger partial charge is 0.349 e. The fourth-order valence-corrected chi connectivity index (χ4v) is 4.54. The number of likely N-dealkylation sites (tertiary alicyclic amines) is 2. The van der Waals surface area contributed by atoms with Crippen LogP contribution in [0, 0.1) is 5.92 Å². The maximum atomic E-state index is 13.0. The number of nitrogens with zero attached hydrogens (tertiary/aromatic N) is 2. The highest BCUT2D eigenvalue weighted by Gasteiger charge is 2.32. The Labute approximate surface area is 195 Å². The molecule has 33 heavy (non-hydrogen) atoms. The van der Waals surface area contributed by atoms with Gasteiger partial charge in [-0.3, -0.25) is 14.4 Å². The first-order valence-electron chi connectivity index (χ1n) is 11.8. The number of hydrogen-bond acceptors (Lipinski definition) is 3. The number of hydrogen-bond donors (Lipinski definition) is 1. The zero-order chi connectivity index (χ0) is 23.0. The molecule has 2 aromatic rings. The molecule has 0 spiro atoms. The van der Waals surface area contributed by atoms with Crippen LogP contribution < -0.4 is 5.32 Å². The molecule has 2 heterocycles. The Bertz CT molecular complexity index is 974. The lowest BCUT2D eigenvalue weighted by Crippen LogP contribution is -2.49. The summed E-state index contributed by atoms with van der Waals surface area (Å²) in [6.07, 6.45) is 6.40. The number of amides is 3. The van der Waals surface area contributed by atoms with E-state index >= 15 is 0 Å². The number of rotatable bonds is 5. The summed E-state index contributed by atoms with van der Waals surface area (Å²) in [5.74, 6) is 0.107. The molecule has 172 valence electrons. The summed E-state index contributed by atoms with van der Waals surface area (Å²) in [5.41, 5.74) is 1.66. The molecule has 0 radical (unpaired) electrons. The second-order valence-corrected chi connectivity index (χ2v) is 8.78. The SMILES string of the molecule is O=C(NC1CCN(C(=O)C2CCN(C(=O)/C=C/c3ccccc3)CC2)CC1)c1ccccc1. The van der Waals surface area contributed by atoms with E-state index in [4.69, 9.17) is 0 Å². The van der Waals surface area contributed by atoms with Crippen LogP contribution in [0.4, 0.5) is 0 Å². The fourth-order valence-electron chi connectivity index (χ4n) is 4.54. The van der Waals surface area contributed by atoms with Gasteiger partial charge in [0, 0.05) is 49.8 Å². The molecule has 2 fully saturated rings. The zero-order valence-electron chi connectivity index (χ0n) is 18.9. The highest BCUT2D eigenvalue weighted by atomic mass is 16.2. The van der Waals surface area contributed by atoms with Gasteiger partial charge >= 0.3 is 0 Å². The Kier molecular flexibility index (Phi) is 7.55. The van der Waals surface area contributed by atoms with Gasteiger partial charge in [0.15, 0.2) is 0 Å². The third-order valence-corrected chi connectivity index (χ3v) is 6.55. The summed E-state index contributed by atoms with van der Waals surface area (Å²) in [5, 5.41) is 3.09. The van der Waals surface area contributed by atoms with Crippen molar-refractivity contribution >= 4 is 23.8 Å². The number of piperidine rings is 2. The van der Waals surface area contributed by atoms with Crippen LogP contribution in [0.1, 0.15) is 41.6 Å². The fraction of sp³-hybridized carbons (Fsp3) is 0.370. The topological polar surface area (TPSA) is 69.7 Å². The van der Waals surface area contributed by atoms with Gasteiger partial charge in [0.1, 0.15) is 0 Å². The molecule has 0 aromatic heterocycles. The van der Waals surface area contributed by atoms with E-state index in [0.717, 1.165) is 18.4 Å². The van der Waals surface area contributed by atoms with Gasteiger partial charge in [0.05, 0.1) is 0 Å². The van der Waals surface area contributed by atoms with E-state index in [-0.39, 0.29) is 29.7 Å². The standard InChI is InChI=1S/C27H31N3O3/c31-25(12-11-21-7-3-1-4-8-21)29-17-13-23(14-18-29)27(33)30-19-15-24(16-20-30)28-26(32)22-9-5-2-6-10-22/h1-12,23-24H,13-20H2,(H,28,32)/b12-11+. The van der Waals surface area contributed by atoms with E-state index in [1.54, 1.807) is 6.08 Å². The van der Waals surface area contributed by atoms with Crippen molar-refractivity contribution in [2.24, 2.45) is 5.92 Å². The first-order valence-corrected chi connectivity index (χ1v) is 11.8. The van der Waals surface area contributed by atoms with Gasteiger partial charge in [0.2, 0.25) is 11.8 Å². The summed E-state index contributed by atoms with van der Waals surface area (Å²) >= 11 is 0. The van der Waals surface area contributed by atoms with Crippen LogP contribution in [-0.4, -0.2) is 59.7 Å². The molecule has 3 amide bonds. The molecule has 0 aliphatic carbocycles. The number of carbonyl (C=O) groups excluding carboxylic acids is 3. The van der Waals surface area contributed by atoms with E-state index < -0.39 is 0 Å². The summed E-state index contributed by atoms with van der Waals surface area (Å²) < 4.78 is 0. The number of benzene rings is 2. The smallest absolute Gasteiger partial charge is 0.251 e. The van der Waals surface area contributed by atoms with Gasteiger partial charge in [-0.15, -0.1) is 0 Å². The lowest BCUT2D eigenvalue weighted by molar-refractivity contribution is -0.140. The van der Waals surface area contributed by atoms with Crippen LogP contribution in [0.2, 0.25) is 0 Å². The average molecular weight is 446 g/mol. The molecule has 0 atom stereocenters. The third-order valence-electron chi connectivity index (χ3n) is 6.55. The molecule has 0 unspecified atom stereocenters. The molecule has 2 aliphatic heterocycles. The van der Waals surface area contributed by atoms with Crippen molar-refractivity contribution in [1.29, 1.82) is 0 Å². The van der Waals surface area contributed by atoms with Crippen molar-refractivity contribution in [3.8, 4) is 0 Å². The van der Waals surface area contributed by atoms with Gasteiger partial charge < -0.3 is 15.1 Å². The first kappa shape index (κ1) is 22.8. The number of nitrogens with one attached hydrogen (secondary N) is 1. The second-order valence-electron chi connectivity index (χ2n) is 8.78. The summed E-state index contributed by atoms with van der Waals surface area (Å²) in [6, 6.07) is 19.1. The molecule has 2 aliphatic rings. The van der Waals surface area contributed by atoms with E-state index in [0.29, 0.717) is 44.6 Å². The summed E-state index contributed by atoms with van der Waals surface area (Å²) in [4.78, 5) is 41.6. The Morgan fingerprint density at radius 2 is 1.33 bits per heavy atom. The molecule has 6 heteroatoms. The Hall–Kier alpha value is -3.41. The molecule has 0 bridgehead atoms. The van der Waals surface area contributed by atoms with Gasteiger partial charge in [0.25, 0.3) is 5.91 Å². The van der Waals surface area contributed by atoms with Gasteiger partial charge in [-0.25, -0.2) is 0 Å². The highest BCUT2D eigenvalue weighted by Crippen LogP contribution is 2.22. The monoisotopic (exact) mass is 445 g/mol. The quantitative estimate of drug-likeness (QED) is 0.718. The van der Waals surface area contributed by atoms with Crippen LogP contribution in [0.25, 0.3) is 6.08 Å². The Morgan fingerprint density at radius 3 is 1.97 bits per heavy atom. The third kappa shape index (κ3) is 6.09. The Morgan fingerprint density at radius 1 is 0.758 bits per heavy atom. The van der Waals surface area contributed by atoms with Crippen molar-refractivity contribution in [1.82, 2.24) is 15.1 Å². The van der Waals surface area contributed by atoms with Gasteiger partial charge in [-0.1, -0.05) is 48.5 Å². The summed E-state index contributed by atoms with van der Waals surface area (Å²) in [7, 11) is 0. The molecule has 4 rings (SSSR count). The van der Waals surface area contributed by atoms with E-state index in [2.05, 4.69) is 5.32 Å². The lowest BCUT2D eigenvalue weighted by atomic mass is 9.93. The van der Waals surface area contributed by atoms with Crippen molar-refractivity contribution < 1.29 is 14.4 Å². The van der Waals surface area contributed by atoms with Crippen molar-refractivity contribution in [2.45, 2.75) is 31.7 Å². The van der Waals surface area contributed by atoms with Gasteiger partial charge in [-0.2, -0.15) is 0 Å². The van der Waals surface area contributed by atoms with Crippen molar-refractivity contribution in [3.05, 3.63) is 77.9 Å². The minimum atomic E-state index is -0.0567. The maximum absolute atomic E-state index is 13.0. The molecule has 6 nitrogen and oxygen atoms in total. The highest BCUT2D eigenvalue weighted by molar-refractivity contribution is 5.94. The van der Waals surface area contributed by atoms with Gasteiger partial charge in [-0.05, 0) is 49.5 Å². The van der Waals surface area contributed by atoms with E-state index in [1.807, 2.05) is 76.5 Å². The first-order chi connectivity index (χ1) is 16.1. The zero-order valence-corrected chi connectivity index (χ0v) is 18.9. The molecule has 2 saturated heterocycles. The predicted molar refractivity (Wildman–Crippen MR) is 128 cm³/mol. The normalized spacial score (nSPS) is 17.8. The molecule has 2 aromatic carbocycles. The second kappa shape index (κ2) is 10.9. The lowest BCUT2D eigenvalue weighted by Gasteiger charge is -2.37. The minimum absolute atomic E-state index is 0.000256.